The number of phenolic OH excluding ortho intramolecular Hbond substituents is 1. The number of aliphatic hydroxyl groups is 3. The molecule has 7 aliphatic carbocycles. The minimum absolute atomic E-state index is 0.00474. The zero-order valence-electron chi connectivity index (χ0n) is 27.5. The number of hydrogen-bond donors (Lipinski definition) is 6. The van der Waals surface area contributed by atoms with Crippen LogP contribution in [0.25, 0.3) is 0 Å². The number of Topliss-reactive ketones (excluding diaryl/α,β-unsaturated/α-hetero) is 2. The standard InChI is InChI=1S/C36H42N4O7S/c1-14-17-5-6-18(38-34-39-19(12-48-34)35(2)8-15-7-16-10-36(9-15,11-16)13-35)27(41)21(17)29(43)23-20(14)28(42)22-24(30(23)44)31(45)25(33(37)47)32(46)26(22)40(3)4/h5-6,12,14-16,20,22,24,26,28,41-42,44,46H,7-11,13H2,1-4H3,(H2,37,47)(H,38,39)/t14-,15?,16?,20?,22?,24?,26-,28-,35?,36?/m0/s1. The fraction of sp³-hybridized carbons (Fsp3) is 0.556. The number of anilines is 2. The average Bonchev–Trinajstić information content (AvgIpc) is 3.46. The number of ketones is 2. The van der Waals surface area contributed by atoms with Crippen LogP contribution in [0.3, 0.4) is 0 Å². The fourth-order valence-electron chi connectivity index (χ4n) is 11.2. The molecule has 7 aliphatic rings. The largest absolute Gasteiger partial charge is 0.511 e. The molecule has 1 aromatic carbocycles. The molecular formula is C36H42N4O7S. The second-order valence-corrected chi connectivity index (χ2v) is 16.9. The van der Waals surface area contributed by atoms with Crippen molar-refractivity contribution in [2.45, 2.75) is 75.9 Å². The van der Waals surface area contributed by atoms with Crippen LogP contribution in [-0.2, 0) is 15.0 Å². The number of aliphatic hydroxyl groups excluding tert-OH is 3. The molecule has 0 radical (unpaired) electrons. The fourth-order valence-corrected chi connectivity index (χ4v) is 12.1. The van der Waals surface area contributed by atoms with Gasteiger partial charge in [0.05, 0.1) is 35.0 Å². The minimum Gasteiger partial charge on any atom is -0.511 e. The number of carbonyl (C=O) groups is 3. The van der Waals surface area contributed by atoms with E-state index in [0.29, 0.717) is 16.1 Å². The highest BCUT2D eigenvalue weighted by atomic mass is 32.1. The lowest BCUT2D eigenvalue weighted by Crippen LogP contribution is -2.59. The smallest absolute Gasteiger partial charge is 0.255 e. The number of nitrogens with two attached hydrogens (primary N) is 1. The number of likely N-dealkylation sites (N-methyl/N-ethyl adjacent to an activating group) is 1. The maximum absolute atomic E-state index is 14.2. The normalized spacial score (nSPS) is 38.3. The van der Waals surface area contributed by atoms with Gasteiger partial charge < -0.3 is 31.5 Å². The summed E-state index contributed by atoms with van der Waals surface area (Å²) in [5, 5.41) is 52.0. The van der Waals surface area contributed by atoms with Crippen LogP contribution in [0.1, 0.15) is 79.9 Å². The van der Waals surface area contributed by atoms with Crippen molar-refractivity contribution in [3.63, 3.8) is 0 Å². The molecule has 1 aromatic heterocycles. The number of benzene rings is 1. The number of phenols is 1. The predicted molar refractivity (Wildman–Crippen MR) is 178 cm³/mol. The highest BCUT2D eigenvalue weighted by Gasteiger charge is 2.60. The summed E-state index contributed by atoms with van der Waals surface area (Å²) < 4.78 is 0. The Labute approximate surface area is 282 Å². The molecule has 0 saturated heterocycles. The Bertz CT molecular complexity index is 1850. The number of thiazole rings is 1. The van der Waals surface area contributed by atoms with Gasteiger partial charge in [-0.2, -0.15) is 0 Å². The van der Waals surface area contributed by atoms with E-state index in [1.54, 1.807) is 38.1 Å². The molecule has 1 spiro atoms. The summed E-state index contributed by atoms with van der Waals surface area (Å²) in [7, 11) is 3.22. The summed E-state index contributed by atoms with van der Waals surface area (Å²) in [6, 6.07) is 2.39. The van der Waals surface area contributed by atoms with Crippen molar-refractivity contribution in [1.29, 1.82) is 0 Å². The summed E-state index contributed by atoms with van der Waals surface area (Å²) in [5.41, 5.74) is 6.87. The van der Waals surface area contributed by atoms with Gasteiger partial charge in [0, 0.05) is 28.2 Å². The van der Waals surface area contributed by atoms with E-state index in [4.69, 9.17) is 10.7 Å². The van der Waals surface area contributed by atoms with Gasteiger partial charge in [0.1, 0.15) is 17.1 Å². The lowest BCUT2D eigenvalue weighted by Gasteiger charge is -2.62. The van der Waals surface area contributed by atoms with E-state index in [0.717, 1.165) is 30.4 Å². The number of aromatic hydroxyl groups is 1. The Balaban J connectivity index is 1.14. The van der Waals surface area contributed by atoms with Gasteiger partial charge in [-0.1, -0.05) is 19.9 Å². The third-order valence-electron chi connectivity index (χ3n) is 12.7. The van der Waals surface area contributed by atoms with Gasteiger partial charge in [-0.25, -0.2) is 4.98 Å². The Kier molecular flexibility index (Phi) is 6.82. The van der Waals surface area contributed by atoms with E-state index in [1.165, 1.54) is 37.0 Å². The second-order valence-electron chi connectivity index (χ2n) is 16.0. The van der Waals surface area contributed by atoms with Crippen LogP contribution in [0, 0.1) is 35.0 Å². The molecule has 4 fully saturated rings. The lowest BCUT2D eigenvalue weighted by atomic mass is 9.42. The molecule has 5 unspecified atom stereocenters. The Morgan fingerprint density at radius 1 is 1.08 bits per heavy atom. The number of aromatic nitrogens is 1. The van der Waals surface area contributed by atoms with E-state index >= 15 is 0 Å². The molecule has 2 aromatic rings. The monoisotopic (exact) mass is 674 g/mol. The summed E-state index contributed by atoms with van der Waals surface area (Å²) >= 11 is 1.46. The average molecular weight is 675 g/mol. The Morgan fingerprint density at radius 2 is 1.77 bits per heavy atom. The first-order valence-electron chi connectivity index (χ1n) is 16.8. The van der Waals surface area contributed by atoms with Crippen LogP contribution in [0.5, 0.6) is 5.75 Å². The topological polar surface area (TPSA) is 186 Å². The van der Waals surface area contributed by atoms with E-state index in [-0.39, 0.29) is 28.0 Å². The number of nitrogens with one attached hydrogen (secondary N) is 1. The quantitative estimate of drug-likeness (QED) is 0.193. The number of hydrogen-bond acceptors (Lipinski definition) is 11. The summed E-state index contributed by atoms with van der Waals surface area (Å²) in [5.74, 6) is -6.70. The van der Waals surface area contributed by atoms with Gasteiger partial charge in [-0.3, -0.25) is 19.3 Å². The zero-order valence-corrected chi connectivity index (χ0v) is 28.3. The first kappa shape index (κ1) is 31.5. The zero-order chi connectivity index (χ0) is 34.2. The van der Waals surface area contributed by atoms with Crippen LogP contribution in [0.15, 0.2) is 40.2 Å². The van der Waals surface area contributed by atoms with E-state index < -0.39 is 70.4 Å². The van der Waals surface area contributed by atoms with Crippen molar-refractivity contribution in [2.24, 2.45) is 40.7 Å². The van der Waals surface area contributed by atoms with Gasteiger partial charge in [0.2, 0.25) is 0 Å². The number of primary amides is 1. The number of nitrogens with zero attached hydrogens (tertiary/aromatic N) is 2. The lowest BCUT2D eigenvalue weighted by molar-refractivity contribution is -0.131. The van der Waals surface area contributed by atoms with Crippen molar-refractivity contribution in [2.75, 3.05) is 19.4 Å². The third-order valence-corrected chi connectivity index (χ3v) is 13.5. The molecule has 7 N–H and O–H groups in total. The number of allylic oxidation sites excluding steroid dienone is 1. The number of amides is 1. The molecule has 1 amide bonds. The maximum atomic E-state index is 14.2. The van der Waals surface area contributed by atoms with Crippen LogP contribution in [0.4, 0.5) is 10.8 Å². The van der Waals surface area contributed by atoms with Crippen molar-refractivity contribution in [3.8, 4) is 5.75 Å². The van der Waals surface area contributed by atoms with Gasteiger partial charge in [-0.05, 0) is 87.4 Å². The molecule has 254 valence electrons. The number of fused-ring (bicyclic) bond motifs is 3. The maximum Gasteiger partial charge on any atom is 0.255 e. The molecule has 4 saturated carbocycles. The Hall–Kier alpha value is -3.74. The highest BCUT2D eigenvalue weighted by molar-refractivity contribution is 7.13. The minimum atomic E-state index is -1.49. The molecule has 1 heterocycles. The molecule has 8 atom stereocenters. The number of rotatable bonds is 5. The summed E-state index contributed by atoms with van der Waals surface area (Å²) in [6.45, 7) is 4.12. The molecular weight excluding hydrogens is 632 g/mol. The predicted octanol–water partition coefficient (Wildman–Crippen LogP) is 4.60. The summed E-state index contributed by atoms with van der Waals surface area (Å²) in [6.07, 6.45) is 6.26. The van der Waals surface area contributed by atoms with Crippen molar-refractivity contribution in [3.05, 3.63) is 57.0 Å². The molecule has 11 nitrogen and oxygen atoms in total. The molecule has 3 bridgehead atoms. The third kappa shape index (κ3) is 4.24. The van der Waals surface area contributed by atoms with Crippen LogP contribution >= 0.6 is 11.3 Å². The van der Waals surface area contributed by atoms with E-state index in [9.17, 15) is 34.8 Å². The molecule has 48 heavy (non-hydrogen) atoms. The van der Waals surface area contributed by atoms with Gasteiger partial charge in [0.15, 0.2) is 22.4 Å². The molecule has 9 rings (SSSR count). The van der Waals surface area contributed by atoms with Crippen molar-refractivity contribution in [1.82, 2.24) is 9.88 Å². The van der Waals surface area contributed by atoms with Gasteiger partial charge >= 0.3 is 0 Å². The second kappa shape index (κ2) is 10.4. The van der Waals surface area contributed by atoms with E-state index in [2.05, 4.69) is 17.6 Å². The number of carbonyl (C=O) groups excluding carboxylic acids is 3. The Morgan fingerprint density at radius 3 is 2.42 bits per heavy atom. The van der Waals surface area contributed by atoms with Gasteiger partial charge in [0.25, 0.3) is 5.91 Å². The van der Waals surface area contributed by atoms with Crippen molar-refractivity contribution >= 4 is 39.6 Å². The van der Waals surface area contributed by atoms with Crippen LogP contribution < -0.4 is 11.1 Å². The molecule has 0 aliphatic heterocycles. The van der Waals surface area contributed by atoms with Crippen molar-refractivity contribution < 1.29 is 34.8 Å². The van der Waals surface area contributed by atoms with Crippen LogP contribution in [0.2, 0.25) is 0 Å². The SMILES string of the molecule is C[C@H]1c2ccc(Nc3nc(C4(C)CC5CC6CC(C6)(C5)C4)cs3)c(O)c2C(=O)C2=C(O)C3C(=O)C(C(N)=O)=C(O)[C@@H](N(C)C)C3[C@@H](O)C21. The molecule has 12 heteroatoms. The first-order valence-corrected chi connectivity index (χ1v) is 17.7. The van der Waals surface area contributed by atoms with Gasteiger partial charge in [-0.15, -0.1) is 11.3 Å². The van der Waals surface area contributed by atoms with Crippen LogP contribution in [-0.4, -0.2) is 74.0 Å². The first-order chi connectivity index (χ1) is 22.6. The van der Waals surface area contributed by atoms with E-state index in [1.807, 2.05) is 0 Å². The highest BCUT2D eigenvalue weighted by Crippen LogP contribution is 2.67. The summed E-state index contributed by atoms with van der Waals surface area (Å²) in [4.78, 5) is 46.6.